The average molecular weight is 244 g/mol. The number of aromatic nitrogens is 1. The molecule has 0 spiro atoms. The maximum Gasteiger partial charge on any atom is 0.419 e. The molecule has 0 saturated carbocycles. The summed E-state index contributed by atoms with van der Waals surface area (Å²) < 4.78 is 74.7. The predicted octanol–water partition coefficient (Wildman–Crippen LogP) is 2.64. The molecule has 0 amide bonds. The molecule has 90 valence electrons. The maximum absolute atomic E-state index is 13.2. The van der Waals surface area contributed by atoms with E-state index in [1.165, 1.54) is 0 Å². The fraction of sp³-hybridized carbons (Fsp3) is 0.375. The minimum Gasteiger partial charge on any atom is -0.325 e. The molecular formula is C8H6F6N2. The number of rotatable bonds is 2. The summed E-state index contributed by atoms with van der Waals surface area (Å²) in [6, 6.07) is 0. The molecule has 16 heavy (non-hydrogen) atoms. The van der Waals surface area contributed by atoms with Gasteiger partial charge in [-0.1, -0.05) is 0 Å². The highest BCUT2D eigenvalue weighted by atomic mass is 19.4. The van der Waals surface area contributed by atoms with Gasteiger partial charge in [-0.15, -0.1) is 0 Å². The van der Waals surface area contributed by atoms with Gasteiger partial charge >= 0.3 is 6.18 Å². The largest absolute Gasteiger partial charge is 0.419 e. The summed E-state index contributed by atoms with van der Waals surface area (Å²) in [5.41, 5.74) is 0.748. The van der Waals surface area contributed by atoms with Gasteiger partial charge in [0.2, 0.25) is 0 Å². The van der Waals surface area contributed by atoms with E-state index in [4.69, 9.17) is 5.73 Å². The van der Waals surface area contributed by atoms with Crippen molar-refractivity contribution in [2.45, 2.75) is 19.1 Å². The number of nitrogens with two attached hydrogens (primary N) is 1. The molecule has 1 aromatic rings. The SMILES string of the molecule is NCc1ncc(C(F)F)c(C(F)(F)F)c1F. The lowest BCUT2D eigenvalue weighted by Crippen LogP contribution is -2.17. The second kappa shape index (κ2) is 4.28. The van der Waals surface area contributed by atoms with Crippen LogP contribution in [0.1, 0.15) is 23.2 Å². The predicted molar refractivity (Wildman–Crippen MR) is 42.0 cm³/mol. The van der Waals surface area contributed by atoms with Crippen molar-refractivity contribution in [1.29, 1.82) is 0 Å². The van der Waals surface area contributed by atoms with Crippen molar-refractivity contribution in [2.75, 3.05) is 0 Å². The van der Waals surface area contributed by atoms with Crippen LogP contribution in [0, 0.1) is 5.82 Å². The molecule has 8 heteroatoms. The second-order valence-electron chi connectivity index (χ2n) is 2.85. The highest BCUT2D eigenvalue weighted by Gasteiger charge is 2.40. The van der Waals surface area contributed by atoms with E-state index >= 15 is 0 Å². The van der Waals surface area contributed by atoms with Crippen molar-refractivity contribution in [3.05, 3.63) is 28.8 Å². The van der Waals surface area contributed by atoms with E-state index in [1.54, 1.807) is 0 Å². The first-order valence-corrected chi connectivity index (χ1v) is 4.01. The van der Waals surface area contributed by atoms with E-state index < -0.39 is 41.8 Å². The Balaban J connectivity index is 3.50. The molecule has 0 aromatic carbocycles. The molecule has 0 bridgehead atoms. The third-order valence-electron chi connectivity index (χ3n) is 1.83. The van der Waals surface area contributed by atoms with E-state index in [9.17, 15) is 26.3 Å². The quantitative estimate of drug-likeness (QED) is 0.812. The zero-order valence-corrected chi connectivity index (χ0v) is 7.65. The van der Waals surface area contributed by atoms with Crippen LogP contribution in [-0.4, -0.2) is 4.98 Å². The van der Waals surface area contributed by atoms with Crippen LogP contribution in [-0.2, 0) is 12.7 Å². The van der Waals surface area contributed by atoms with Crippen LogP contribution in [0.3, 0.4) is 0 Å². The van der Waals surface area contributed by atoms with E-state index in [0.717, 1.165) is 0 Å². The third kappa shape index (κ3) is 2.26. The highest BCUT2D eigenvalue weighted by molar-refractivity contribution is 5.32. The molecule has 0 saturated heterocycles. The van der Waals surface area contributed by atoms with Crippen molar-refractivity contribution in [2.24, 2.45) is 5.73 Å². The molecule has 1 rings (SSSR count). The zero-order chi connectivity index (χ0) is 12.5. The van der Waals surface area contributed by atoms with Crippen molar-refractivity contribution >= 4 is 0 Å². The Morgan fingerprint density at radius 1 is 1.31 bits per heavy atom. The summed E-state index contributed by atoms with van der Waals surface area (Å²) in [7, 11) is 0. The second-order valence-corrected chi connectivity index (χ2v) is 2.85. The summed E-state index contributed by atoms with van der Waals surface area (Å²) in [5, 5.41) is 0. The molecule has 1 aromatic heterocycles. The molecule has 0 atom stereocenters. The lowest BCUT2D eigenvalue weighted by atomic mass is 10.1. The van der Waals surface area contributed by atoms with E-state index in [1.807, 2.05) is 0 Å². The smallest absolute Gasteiger partial charge is 0.325 e. The summed E-state index contributed by atoms with van der Waals surface area (Å²) in [4.78, 5) is 3.11. The summed E-state index contributed by atoms with van der Waals surface area (Å²) in [6.07, 6.45) is -8.37. The van der Waals surface area contributed by atoms with Gasteiger partial charge in [0.15, 0.2) is 5.82 Å². The monoisotopic (exact) mass is 244 g/mol. The summed E-state index contributed by atoms with van der Waals surface area (Å²) >= 11 is 0. The van der Waals surface area contributed by atoms with Crippen LogP contribution in [0.15, 0.2) is 6.20 Å². The van der Waals surface area contributed by atoms with E-state index in [2.05, 4.69) is 4.98 Å². The fourth-order valence-electron chi connectivity index (χ4n) is 1.14. The lowest BCUT2D eigenvalue weighted by Gasteiger charge is -2.14. The number of halogens is 6. The van der Waals surface area contributed by atoms with Crippen molar-refractivity contribution < 1.29 is 26.3 Å². The van der Waals surface area contributed by atoms with Crippen LogP contribution in [0.4, 0.5) is 26.3 Å². The lowest BCUT2D eigenvalue weighted by molar-refractivity contribution is -0.142. The molecule has 2 N–H and O–H groups in total. The topological polar surface area (TPSA) is 38.9 Å². The number of alkyl halides is 5. The first-order chi connectivity index (χ1) is 7.29. The Kier molecular flexibility index (Phi) is 3.41. The van der Waals surface area contributed by atoms with Gasteiger partial charge in [0.25, 0.3) is 6.43 Å². The Morgan fingerprint density at radius 3 is 2.25 bits per heavy atom. The normalized spacial score (nSPS) is 12.2. The molecule has 0 unspecified atom stereocenters. The van der Waals surface area contributed by atoms with Gasteiger partial charge in [-0.2, -0.15) is 13.2 Å². The van der Waals surface area contributed by atoms with Gasteiger partial charge < -0.3 is 5.73 Å². The maximum atomic E-state index is 13.2. The number of nitrogens with zero attached hydrogens (tertiary/aromatic N) is 1. The molecule has 0 aliphatic rings. The summed E-state index contributed by atoms with van der Waals surface area (Å²) in [5.74, 6) is -1.84. The van der Waals surface area contributed by atoms with Crippen LogP contribution in [0.5, 0.6) is 0 Å². The van der Waals surface area contributed by atoms with Crippen LogP contribution >= 0.6 is 0 Å². The van der Waals surface area contributed by atoms with E-state index in [0.29, 0.717) is 6.20 Å². The van der Waals surface area contributed by atoms with Gasteiger partial charge in [-0.05, 0) is 0 Å². The number of hydrogen-bond donors (Lipinski definition) is 1. The van der Waals surface area contributed by atoms with Crippen molar-refractivity contribution in [3.63, 3.8) is 0 Å². The van der Waals surface area contributed by atoms with Crippen LogP contribution in [0.2, 0.25) is 0 Å². The fourth-order valence-corrected chi connectivity index (χ4v) is 1.14. The Morgan fingerprint density at radius 2 is 1.88 bits per heavy atom. The molecule has 0 aliphatic carbocycles. The number of hydrogen-bond acceptors (Lipinski definition) is 2. The summed E-state index contributed by atoms with van der Waals surface area (Å²) in [6.45, 7) is -0.599. The molecule has 0 radical (unpaired) electrons. The van der Waals surface area contributed by atoms with Crippen LogP contribution < -0.4 is 5.73 Å². The minimum atomic E-state index is -5.21. The third-order valence-corrected chi connectivity index (χ3v) is 1.83. The number of pyridine rings is 1. The van der Waals surface area contributed by atoms with Gasteiger partial charge in [-0.3, -0.25) is 4.98 Å². The van der Waals surface area contributed by atoms with Gasteiger partial charge in [0, 0.05) is 12.7 Å². The van der Waals surface area contributed by atoms with Crippen LogP contribution in [0.25, 0.3) is 0 Å². The van der Waals surface area contributed by atoms with Gasteiger partial charge in [0.1, 0.15) is 5.56 Å². The van der Waals surface area contributed by atoms with Crippen molar-refractivity contribution in [3.8, 4) is 0 Å². The Bertz CT molecular complexity index is 387. The van der Waals surface area contributed by atoms with E-state index in [-0.39, 0.29) is 0 Å². The zero-order valence-electron chi connectivity index (χ0n) is 7.65. The van der Waals surface area contributed by atoms with Gasteiger partial charge in [-0.25, -0.2) is 13.2 Å². The molecule has 0 fully saturated rings. The Labute approximate surface area is 86.1 Å². The molecule has 2 nitrogen and oxygen atoms in total. The Hall–Kier alpha value is -1.31. The first-order valence-electron chi connectivity index (χ1n) is 4.01. The first kappa shape index (κ1) is 12.8. The van der Waals surface area contributed by atoms with Gasteiger partial charge in [0.05, 0.1) is 11.3 Å². The average Bonchev–Trinajstić information content (AvgIpc) is 2.14. The molecule has 0 aliphatic heterocycles. The van der Waals surface area contributed by atoms with Crippen molar-refractivity contribution in [1.82, 2.24) is 4.98 Å². The standard InChI is InChI=1S/C8H6F6N2/c9-6-4(1-15)16-2-3(7(10)11)5(6)8(12,13)14/h2,7H,1,15H2. The minimum absolute atomic E-state index is 0.290. The molecule has 1 heterocycles. The molecular weight excluding hydrogens is 238 g/mol. The highest BCUT2D eigenvalue weighted by Crippen LogP contribution is 2.38.